The smallest absolute Gasteiger partial charge is 0.228 e. The lowest BCUT2D eigenvalue weighted by atomic mass is 9.98. The van der Waals surface area contributed by atoms with Gasteiger partial charge in [-0.2, -0.15) is 0 Å². The molecule has 0 radical (unpaired) electrons. The largest absolute Gasteiger partial charge is 0.352 e. The van der Waals surface area contributed by atoms with E-state index in [0.717, 1.165) is 17.7 Å². The first-order valence-corrected chi connectivity index (χ1v) is 7.82. The Morgan fingerprint density at radius 1 is 1.47 bits per heavy atom. The van der Waals surface area contributed by atoms with Crippen molar-refractivity contribution in [2.75, 3.05) is 12.3 Å². The van der Waals surface area contributed by atoms with Crippen molar-refractivity contribution in [1.82, 2.24) is 5.32 Å². The lowest BCUT2D eigenvalue weighted by Crippen LogP contribution is -2.43. The van der Waals surface area contributed by atoms with E-state index in [4.69, 9.17) is 5.73 Å². The summed E-state index contributed by atoms with van der Waals surface area (Å²) in [4.78, 5) is 13.6. The molecule has 1 amide bonds. The molecule has 2 atom stereocenters. The molecule has 1 aliphatic rings. The van der Waals surface area contributed by atoms with Crippen LogP contribution < -0.4 is 11.1 Å². The van der Waals surface area contributed by atoms with Gasteiger partial charge in [0.05, 0.1) is 5.92 Å². The number of fused-ring (bicyclic) bond motifs is 1. The molecule has 1 aliphatic heterocycles. The Morgan fingerprint density at radius 2 is 2.21 bits per heavy atom. The second-order valence-corrected chi connectivity index (χ2v) is 6.53. The van der Waals surface area contributed by atoms with Gasteiger partial charge >= 0.3 is 0 Å². The molecule has 3 N–H and O–H groups in total. The van der Waals surface area contributed by atoms with E-state index in [9.17, 15) is 4.79 Å². The SMILES string of the molecule is CC(C)CC(CN)NC(=O)C1CSc2ccccc21. The van der Waals surface area contributed by atoms with Crippen LogP contribution in [-0.4, -0.2) is 24.2 Å². The molecule has 0 saturated carbocycles. The fraction of sp³-hybridized carbons (Fsp3) is 0.533. The topological polar surface area (TPSA) is 55.1 Å². The van der Waals surface area contributed by atoms with Crippen molar-refractivity contribution in [3.63, 3.8) is 0 Å². The molecule has 2 rings (SSSR count). The maximum absolute atomic E-state index is 12.4. The fourth-order valence-electron chi connectivity index (χ4n) is 2.46. The minimum Gasteiger partial charge on any atom is -0.352 e. The third-order valence-corrected chi connectivity index (χ3v) is 4.59. The van der Waals surface area contributed by atoms with E-state index in [1.54, 1.807) is 11.8 Å². The summed E-state index contributed by atoms with van der Waals surface area (Å²) in [6.07, 6.45) is 0.934. The molecule has 0 saturated heterocycles. The van der Waals surface area contributed by atoms with Crippen molar-refractivity contribution in [2.24, 2.45) is 11.7 Å². The quantitative estimate of drug-likeness (QED) is 0.869. The summed E-state index contributed by atoms with van der Waals surface area (Å²) >= 11 is 1.76. The van der Waals surface area contributed by atoms with Crippen LogP contribution in [0.1, 0.15) is 31.7 Å². The summed E-state index contributed by atoms with van der Waals surface area (Å²) in [5.74, 6) is 1.47. The molecule has 4 heteroatoms. The first-order chi connectivity index (χ1) is 9.11. The molecule has 1 heterocycles. The van der Waals surface area contributed by atoms with Crippen molar-refractivity contribution >= 4 is 17.7 Å². The zero-order chi connectivity index (χ0) is 13.8. The Labute approximate surface area is 119 Å². The van der Waals surface area contributed by atoms with Crippen molar-refractivity contribution in [3.8, 4) is 0 Å². The first kappa shape index (κ1) is 14.4. The molecule has 0 bridgehead atoms. The first-order valence-electron chi connectivity index (χ1n) is 6.84. The van der Waals surface area contributed by atoms with Gasteiger partial charge in [0, 0.05) is 23.2 Å². The maximum Gasteiger partial charge on any atom is 0.228 e. The van der Waals surface area contributed by atoms with E-state index in [2.05, 4.69) is 31.3 Å². The lowest BCUT2D eigenvalue weighted by molar-refractivity contribution is -0.122. The van der Waals surface area contributed by atoms with Gasteiger partial charge < -0.3 is 11.1 Å². The van der Waals surface area contributed by atoms with Gasteiger partial charge in [-0.25, -0.2) is 0 Å². The average Bonchev–Trinajstić information content (AvgIpc) is 2.81. The van der Waals surface area contributed by atoms with Gasteiger partial charge in [0.2, 0.25) is 5.91 Å². The fourth-order valence-corrected chi connectivity index (χ4v) is 3.69. The molecule has 2 unspecified atom stereocenters. The Kier molecular flexibility index (Phi) is 4.88. The summed E-state index contributed by atoms with van der Waals surface area (Å²) in [7, 11) is 0. The van der Waals surface area contributed by atoms with Gasteiger partial charge in [0.25, 0.3) is 0 Å². The molecule has 19 heavy (non-hydrogen) atoms. The lowest BCUT2D eigenvalue weighted by Gasteiger charge is -2.21. The normalized spacial score (nSPS) is 19.3. The third kappa shape index (κ3) is 3.51. The number of carbonyl (C=O) groups is 1. The van der Waals surface area contributed by atoms with E-state index >= 15 is 0 Å². The molecule has 0 fully saturated rings. The molecule has 0 spiro atoms. The number of nitrogens with one attached hydrogen (secondary N) is 1. The van der Waals surface area contributed by atoms with E-state index in [0.29, 0.717) is 12.5 Å². The van der Waals surface area contributed by atoms with Gasteiger partial charge in [0.15, 0.2) is 0 Å². The predicted molar refractivity (Wildman–Crippen MR) is 80.3 cm³/mol. The highest BCUT2D eigenvalue weighted by molar-refractivity contribution is 7.99. The van der Waals surface area contributed by atoms with Crippen LogP contribution in [0.2, 0.25) is 0 Å². The molecule has 104 valence electrons. The van der Waals surface area contributed by atoms with Gasteiger partial charge in [0.1, 0.15) is 0 Å². The van der Waals surface area contributed by atoms with Crippen molar-refractivity contribution < 1.29 is 4.79 Å². The molecule has 1 aromatic carbocycles. The van der Waals surface area contributed by atoms with Crippen molar-refractivity contribution in [3.05, 3.63) is 29.8 Å². The van der Waals surface area contributed by atoms with Crippen LogP contribution in [0, 0.1) is 5.92 Å². The van der Waals surface area contributed by atoms with Crippen LogP contribution in [0.25, 0.3) is 0 Å². The highest BCUT2D eigenvalue weighted by Gasteiger charge is 2.29. The number of rotatable bonds is 5. The highest BCUT2D eigenvalue weighted by atomic mass is 32.2. The van der Waals surface area contributed by atoms with E-state index in [1.807, 2.05) is 12.1 Å². The van der Waals surface area contributed by atoms with Crippen LogP contribution in [0.3, 0.4) is 0 Å². The van der Waals surface area contributed by atoms with Gasteiger partial charge in [-0.1, -0.05) is 32.0 Å². The van der Waals surface area contributed by atoms with Crippen LogP contribution in [0.5, 0.6) is 0 Å². The number of hydrogen-bond acceptors (Lipinski definition) is 3. The summed E-state index contributed by atoms with van der Waals surface area (Å²) < 4.78 is 0. The summed E-state index contributed by atoms with van der Waals surface area (Å²) in [6, 6.07) is 8.25. The average molecular weight is 278 g/mol. The van der Waals surface area contributed by atoms with Gasteiger partial charge in [-0.05, 0) is 24.0 Å². The summed E-state index contributed by atoms with van der Waals surface area (Å²) in [5.41, 5.74) is 6.90. The number of amides is 1. The Balaban J connectivity index is 2.01. The summed E-state index contributed by atoms with van der Waals surface area (Å²) in [5, 5.41) is 3.10. The monoisotopic (exact) mass is 278 g/mol. The van der Waals surface area contributed by atoms with Crippen LogP contribution in [-0.2, 0) is 4.79 Å². The number of benzene rings is 1. The second kappa shape index (κ2) is 6.44. The Bertz CT molecular complexity index is 448. The second-order valence-electron chi connectivity index (χ2n) is 5.47. The molecular weight excluding hydrogens is 256 g/mol. The molecule has 3 nitrogen and oxygen atoms in total. The minimum absolute atomic E-state index is 0.0255. The van der Waals surface area contributed by atoms with Gasteiger partial charge in [-0.15, -0.1) is 11.8 Å². The van der Waals surface area contributed by atoms with E-state index in [-0.39, 0.29) is 17.9 Å². The molecule has 0 aromatic heterocycles. The number of carbonyl (C=O) groups excluding carboxylic acids is 1. The Hall–Kier alpha value is -1.00. The minimum atomic E-state index is -0.0255. The highest BCUT2D eigenvalue weighted by Crippen LogP contribution is 2.39. The maximum atomic E-state index is 12.4. The van der Waals surface area contributed by atoms with E-state index in [1.165, 1.54) is 4.90 Å². The summed E-state index contributed by atoms with van der Waals surface area (Å²) in [6.45, 7) is 4.80. The number of nitrogens with two attached hydrogens (primary N) is 1. The number of hydrogen-bond donors (Lipinski definition) is 2. The van der Waals surface area contributed by atoms with Crippen LogP contribution >= 0.6 is 11.8 Å². The third-order valence-electron chi connectivity index (χ3n) is 3.40. The predicted octanol–water partition coefficient (Wildman–Crippen LogP) is 2.37. The number of thioether (sulfide) groups is 1. The molecular formula is C15H22N2OS. The van der Waals surface area contributed by atoms with Crippen LogP contribution in [0.15, 0.2) is 29.2 Å². The van der Waals surface area contributed by atoms with Crippen molar-refractivity contribution in [2.45, 2.75) is 37.1 Å². The zero-order valence-corrected chi connectivity index (χ0v) is 12.4. The Morgan fingerprint density at radius 3 is 2.89 bits per heavy atom. The van der Waals surface area contributed by atoms with Crippen molar-refractivity contribution in [1.29, 1.82) is 0 Å². The standard InChI is InChI=1S/C15H22N2OS/c1-10(2)7-11(8-16)17-15(18)13-9-19-14-6-4-3-5-12(13)14/h3-6,10-11,13H,7-9,16H2,1-2H3,(H,17,18). The molecule has 0 aliphatic carbocycles. The van der Waals surface area contributed by atoms with Gasteiger partial charge in [-0.3, -0.25) is 4.79 Å². The molecule has 1 aromatic rings. The van der Waals surface area contributed by atoms with E-state index < -0.39 is 0 Å². The van der Waals surface area contributed by atoms with Crippen LogP contribution in [0.4, 0.5) is 0 Å². The zero-order valence-electron chi connectivity index (χ0n) is 11.6.